The fourth-order valence-corrected chi connectivity index (χ4v) is 1.53. The van der Waals surface area contributed by atoms with Gasteiger partial charge in [0.25, 0.3) is 0 Å². The molecule has 0 fully saturated rings. The Labute approximate surface area is 91.9 Å². The van der Waals surface area contributed by atoms with E-state index in [2.05, 4.69) is 0 Å². The molecule has 0 bridgehead atoms. The average molecular weight is 214 g/mol. The minimum atomic E-state index is -0.715. The van der Waals surface area contributed by atoms with Crippen LogP contribution < -0.4 is 0 Å². The van der Waals surface area contributed by atoms with E-state index in [9.17, 15) is 9.59 Å². The second-order valence-electron chi connectivity index (χ2n) is 3.95. The maximum absolute atomic E-state index is 11.1. The summed E-state index contributed by atoms with van der Waals surface area (Å²) < 4.78 is 0. The molecule has 0 aliphatic rings. The molecule has 0 aromatic rings. The molecule has 3 nitrogen and oxygen atoms in total. The van der Waals surface area contributed by atoms with E-state index in [4.69, 9.17) is 5.11 Å². The Morgan fingerprint density at radius 3 is 1.93 bits per heavy atom. The molecular formula is C12H22O3. The summed E-state index contributed by atoms with van der Waals surface area (Å²) in [6.07, 6.45) is 7.41. The lowest BCUT2D eigenvalue weighted by molar-refractivity contribution is -0.137. The Bertz CT molecular complexity index is 187. The number of hydrogen-bond acceptors (Lipinski definition) is 2. The van der Waals surface area contributed by atoms with Gasteiger partial charge >= 0.3 is 5.97 Å². The van der Waals surface area contributed by atoms with Crippen molar-refractivity contribution in [2.75, 3.05) is 0 Å². The highest BCUT2D eigenvalue weighted by Gasteiger charge is 2.00. The van der Waals surface area contributed by atoms with Crippen molar-refractivity contribution in [3.8, 4) is 0 Å². The van der Waals surface area contributed by atoms with Gasteiger partial charge in [0, 0.05) is 19.3 Å². The monoisotopic (exact) mass is 214 g/mol. The lowest BCUT2D eigenvalue weighted by atomic mass is 10.1. The molecule has 0 atom stereocenters. The van der Waals surface area contributed by atoms with Crippen molar-refractivity contribution >= 4 is 11.8 Å². The minimum absolute atomic E-state index is 0.273. The van der Waals surface area contributed by atoms with Gasteiger partial charge in [0.05, 0.1) is 0 Å². The number of rotatable bonds is 10. The lowest BCUT2D eigenvalue weighted by Crippen LogP contribution is -1.96. The van der Waals surface area contributed by atoms with Gasteiger partial charge in [-0.05, 0) is 19.3 Å². The molecule has 15 heavy (non-hydrogen) atoms. The van der Waals surface area contributed by atoms with Crippen LogP contribution in [0.25, 0.3) is 0 Å². The second kappa shape index (κ2) is 9.69. The smallest absolute Gasteiger partial charge is 0.303 e. The van der Waals surface area contributed by atoms with Crippen LogP contribution in [0.1, 0.15) is 64.7 Å². The van der Waals surface area contributed by atoms with E-state index >= 15 is 0 Å². The summed E-state index contributed by atoms with van der Waals surface area (Å²) in [7, 11) is 0. The molecule has 0 spiro atoms. The van der Waals surface area contributed by atoms with Gasteiger partial charge in [0.15, 0.2) is 0 Å². The first kappa shape index (κ1) is 14.1. The highest BCUT2D eigenvalue weighted by Crippen LogP contribution is 2.08. The molecular weight excluding hydrogens is 192 g/mol. The normalized spacial score (nSPS) is 10.2. The lowest BCUT2D eigenvalue weighted by Gasteiger charge is -2.00. The quantitative estimate of drug-likeness (QED) is 0.568. The summed E-state index contributed by atoms with van der Waals surface area (Å²) in [5, 5.41) is 8.40. The third-order valence-corrected chi connectivity index (χ3v) is 2.38. The number of aliphatic carboxylic acids is 1. The summed E-state index contributed by atoms with van der Waals surface area (Å²) in [5.41, 5.74) is 0. The Balaban J connectivity index is 3.11. The van der Waals surface area contributed by atoms with E-state index in [0.29, 0.717) is 18.6 Å². The van der Waals surface area contributed by atoms with E-state index in [1.54, 1.807) is 0 Å². The van der Waals surface area contributed by atoms with Gasteiger partial charge in [0.2, 0.25) is 0 Å². The van der Waals surface area contributed by atoms with Gasteiger partial charge in [-0.1, -0.05) is 26.2 Å². The molecule has 0 radical (unpaired) electrons. The van der Waals surface area contributed by atoms with Gasteiger partial charge in [-0.2, -0.15) is 0 Å². The predicted molar refractivity (Wildman–Crippen MR) is 59.9 cm³/mol. The van der Waals surface area contributed by atoms with Crippen LogP contribution in [0.15, 0.2) is 0 Å². The van der Waals surface area contributed by atoms with Crippen molar-refractivity contribution < 1.29 is 14.7 Å². The van der Waals surface area contributed by atoms with Gasteiger partial charge in [-0.15, -0.1) is 0 Å². The standard InChI is InChI=1S/C12H22O3/c1-2-8-11(13)9-6-4-3-5-7-10-12(14)15/h2-10H2,1H3,(H,14,15). The highest BCUT2D eigenvalue weighted by molar-refractivity contribution is 5.78. The molecule has 0 aliphatic heterocycles. The first-order valence-electron chi connectivity index (χ1n) is 5.90. The summed E-state index contributed by atoms with van der Waals surface area (Å²) >= 11 is 0. The van der Waals surface area contributed by atoms with Crippen LogP contribution in [-0.2, 0) is 9.59 Å². The molecule has 1 N–H and O–H groups in total. The summed E-state index contributed by atoms with van der Waals surface area (Å²) in [4.78, 5) is 21.3. The summed E-state index contributed by atoms with van der Waals surface area (Å²) in [5.74, 6) is -0.351. The maximum atomic E-state index is 11.1. The largest absolute Gasteiger partial charge is 0.481 e. The highest BCUT2D eigenvalue weighted by atomic mass is 16.4. The maximum Gasteiger partial charge on any atom is 0.303 e. The van der Waals surface area contributed by atoms with Crippen LogP contribution in [0.3, 0.4) is 0 Å². The average Bonchev–Trinajstić information content (AvgIpc) is 2.16. The fourth-order valence-electron chi connectivity index (χ4n) is 1.53. The van der Waals surface area contributed by atoms with Crippen molar-refractivity contribution in [3.63, 3.8) is 0 Å². The second-order valence-corrected chi connectivity index (χ2v) is 3.95. The van der Waals surface area contributed by atoms with Crippen molar-refractivity contribution in [1.82, 2.24) is 0 Å². The van der Waals surface area contributed by atoms with Crippen LogP contribution in [0, 0.1) is 0 Å². The molecule has 0 amide bonds. The van der Waals surface area contributed by atoms with Crippen molar-refractivity contribution in [2.45, 2.75) is 64.7 Å². The Kier molecular flexibility index (Phi) is 9.13. The van der Waals surface area contributed by atoms with E-state index in [1.165, 1.54) is 0 Å². The van der Waals surface area contributed by atoms with Crippen LogP contribution in [0.5, 0.6) is 0 Å². The Morgan fingerprint density at radius 1 is 0.867 bits per heavy atom. The third-order valence-electron chi connectivity index (χ3n) is 2.38. The first-order valence-corrected chi connectivity index (χ1v) is 5.90. The van der Waals surface area contributed by atoms with Crippen molar-refractivity contribution in [3.05, 3.63) is 0 Å². The van der Waals surface area contributed by atoms with Crippen molar-refractivity contribution in [2.24, 2.45) is 0 Å². The molecule has 0 saturated heterocycles. The van der Waals surface area contributed by atoms with Crippen LogP contribution in [-0.4, -0.2) is 16.9 Å². The molecule has 88 valence electrons. The van der Waals surface area contributed by atoms with Gasteiger partial charge in [-0.3, -0.25) is 9.59 Å². The summed E-state index contributed by atoms with van der Waals surface area (Å²) in [6, 6.07) is 0. The number of Topliss-reactive ketones (excluding diaryl/α,β-unsaturated/α-hetero) is 1. The molecule has 0 aliphatic carbocycles. The van der Waals surface area contributed by atoms with E-state index in [0.717, 1.165) is 38.5 Å². The van der Waals surface area contributed by atoms with E-state index in [-0.39, 0.29) is 6.42 Å². The fraction of sp³-hybridized carbons (Fsp3) is 0.833. The summed E-state index contributed by atoms with van der Waals surface area (Å²) in [6.45, 7) is 2.02. The number of unbranched alkanes of at least 4 members (excludes halogenated alkanes) is 4. The Hall–Kier alpha value is -0.860. The number of carboxylic acids is 1. The SMILES string of the molecule is CCCC(=O)CCCCCCCC(=O)O. The van der Waals surface area contributed by atoms with Crippen LogP contribution in [0.2, 0.25) is 0 Å². The van der Waals surface area contributed by atoms with E-state index in [1.807, 2.05) is 6.92 Å². The molecule has 0 unspecified atom stereocenters. The van der Waals surface area contributed by atoms with Crippen molar-refractivity contribution in [1.29, 1.82) is 0 Å². The molecule has 0 aromatic heterocycles. The number of carbonyl (C=O) groups excluding carboxylic acids is 1. The molecule has 0 aromatic carbocycles. The van der Waals surface area contributed by atoms with Crippen LogP contribution >= 0.6 is 0 Å². The molecule has 0 rings (SSSR count). The Morgan fingerprint density at radius 2 is 1.40 bits per heavy atom. The number of carboxylic acid groups (broad SMARTS) is 1. The topological polar surface area (TPSA) is 54.4 Å². The zero-order valence-electron chi connectivity index (χ0n) is 9.63. The number of ketones is 1. The zero-order valence-corrected chi connectivity index (χ0v) is 9.63. The van der Waals surface area contributed by atoms with Crippen LogP contribution in [0.4, 0.5) is 0 Å². The first-order chi connectivity index (χ1) is 7.16. The zero-order chi connectivity index (χ0) is 11.5. The van der Waals surface area contributed by atoms with Gasteiger partial charge in [-0.25, -0.2) is 0 Å². The van der Waals surface area contributed by atoms with Gasteiger partial charge in [0.1, 0.15) is 5.78 Å². The number of hydrogen-bond donors (Lipinski definition) is 1. The van der Waals surface area contributed by atoms with Gasteiger partial charge < -0.3 is 5.11 Å². The number of carbonyl (C=O) groups is 2. The minimum Gasteiger partial charge on any atom is -0.481 e. The third kappa shape index (κ3) is 11.1. The molecule has 0 saturated carbocycles. The molecule has 3 heteroatoms. The van der Waals surface area contributed by atoms with E-state index < -0.39 is 5.97 Å². The predicted octanol–water partition coefficient (Wildman–Crippen LogP) is 3.17. The molecule has 0 heterocycles.